The number of methoxy groups -OCH3 is 1. The summed E-state index contributed by atoms with van der Waals surface area (Å²) in [5, 5.41) is 0. The van der Waals surface area contributed by atoms with Gasteiger partial charge in [0.1, 0.15) is 5.75 Å². The van der Waals surface area contributed by atoms with Gasteiger partial charge in [-0.2, -0.15) is 0 Å². The number of nitrogens with one attached hydrogen (secondary N) is 1. The third-order valence-electron chi connectivity index (χ3n) is 2.19. The fraction of sp³-hybridized carbons (Fsp3) is 0.500. The van der Waals surface area contributed by atoms with E-state index in [2.05, 4.69) is 17.3 Å². The Hall–Kier alpha value is -1.13. The molecule has 3 N–H and O–H groups in total. The van der Waals surface area contributed by atoms with Gasteiger partial charge in [0.2, 0.25) is 0 Å². The molecule has 14 heavy (non-hydrogen) atoms. The van der Waals surface area contributed by atoms with Crippen molar-refractivity contribution in [1.82, 2.24) is 10.4 Å². The first-order valence-electron chi connectivity index (χ1n) is 4.77. The molecule has 0 saturated carbocycles. The summed E-state index contributed by atoms with van der Waals surface area (Å²) in [4.78, 5) is 4.00. The van der Waals surface area contributed by atoms with E-state index in [1.54, 1.807) is 19.5 Å². The molecule has 4 heteroatoms. The summed E-state index contributed by atoms with van der Waals surface area (Å²) in [5.41, 5.74) is 3.85. The summed E-state index contributed by atoms with van der Waals surface area (Å²) in [7, 11) is 1.64. The Morgan fingerprint density at radius 1 is 1.64 bits per heavy atom. The van der Waals surface area contributed by atoms with Crippen LogP contribution in [0.5, 0.6) is 5.75 Å². The zero-order valence-corrected chi connectivity index (χ0v) is 8.66. The maximum absolute atomic E-state index is 5.49. The summed E-state index contributed by atoms with van der Waals surface area (Å²) >= 11 is 0. The van der Waals surface area contributed by atoms with Crippen LogP contribution in [0.4, 0.5) is 0 Å². The van der Waals surface area contributed by atoms with Crippen LogP contribution in [0.3, 0.4) is 0 Å². The Labute approximate surface area is 84.4 Å². The van der Waals surface area contributed by atoms with Crippen LogP contribution in [0.2, 0.25) is 0 Å². The number of hydrogen-bond acceptors (Lipinski definition) is 4. The number of ether oxygens (including phenoxy) is 1. The molecule has 0 saturated heterocycles. The second-order valence-corrected chi connectivity index (χ2v) is 3.13. The number of pyridine rings is 1. The number of rotatable bonds is 5. The van der Waals surface area contributed by atoms with Crippen molar-refractivity contribution in [2.45, 2.75) is 25.8 Å². The smallest absolute Gasteiger partial charge is 0.141 e. The highest BCUT2D eigenvalue weighted by molar-refractivity contribution is 5.32. The first-order chi connectivity index (χ1) is 6.83. The number of hydrazine groups is 1. The topological polar surface area (TPSA) is 60.2 Å². The van der Waals surface area contributed by atoms with Gasteiger partial charge in [-0.05, 0) is 12.5 Å². The van der Waals surface area contributed by atoms with Crippen LogP contribution in [0, 0.1) is 0 Å². The summed E-state index contributed by atoms with van der Waals surface area (Å²) < 4.78 is 5.22. The van der Waals surface area contributed by atoms with Crippen molar-refractivity contribution in [2.24, 2.45) is 5.84 Å². The zero-order valence-electron chi connectivity index (χ0n) is 8.66. The van der Waals surface area contributed by atoms with Crippen molar-refractivity contribution in [3.63, 3.8) is 0 Å². The predicted molar refractivity (Wildman–Crippen MR) is 55.8 cm³/mol. The van der Waals surface area contributed by atoms with E-state index in [-0.39, 0.29) is 6.04 Å². The number of nitrogens with two attached hydrogens (primary N) is 1. The molecule has 0 fully saturated rings. The standard InChI is InChI=1S/C10H17N3O/c1-3-4-9(13-11)8-5-6-12-7-10(8)14-2/h5-7,9,13H,3-4,11H2,1-2H3. The Bertz CT molecular complexity index is 278. The average Bonchev–Trinajstić information content (AvgIpc) is 2.26. The number of nitrogens with zero attached hydrogens (tertiary/aromatic N) is 1. The maximum atomic E-state index is 5.49. The van der Waals surface area contributed by atoms with Gasteiger partial charge in [-0.15, -0.1) is 0 Å². The summed E-state index contributed by atoms with van der Waals surface area (Å²) in [6.45, 7) is 2.12. The average molecular weight is 195 g/mol. The van der Waals surface area contributed by atoms with Crippen LogP contribution in [0.25, 0.3) is 0 Å². The van der Waals surface area contributed by atoms with Crippen molar-refractivity contribution in [1.29, 1.82) is 0 Å². The molecule has 4 nitrogen and oxygen atoms in total. The maximum Gasteiger partial charge on any atom is 0.141 e. The molecule has 0 spiro atoms. The van der Waals surface area contributed by atoms with Crippen LogP contribution >= 0.6 is 0 Å². The normalized spacial score (nSPS) is 12.5. The highest BCUT2D eigenvalue weighted by Crippen LogP contribution is 2.25. The van der Waals surface area contributed by atoms with E-state index >= 15 is 0 Å². The third-order valence-corrected chi connectivity index (χ3v) is 2.19. The molecule has 0 aliphatic carbocycles. The van der Waals surface area contributed by atoms with Crippen molar-refractivity contribution in [3.8, 4) is 5.75 Å². The lowest BCUT2D eigenvalue weighted by Crippen LogP contribution is -2.28. The van der Waals surface area contributed by atoms with E-state index in [4.69, 9.17) is 10.6 Å². The van der Waals surface area contributed by atoms with Crippen molar-refractivity contribution < 1.29 is 4.74 Å². The van der Waals surface area contributed by atoms with Gasteiger partial charge in [0, 0.05) is 17.8 Å². The van der Waals surface area contributed by atoms with Crippen LogP contribution in [0.15, 0.2) is 18.5 Å². The van der Waals surface area contributed by atoms with Gasteiger partial charge in [0.05, 0.1) is 13.3 Å². The van der Waals surface area contributed by atoms with Gasteiger partial charge in [-0.1, -0.05) is 13.3 Å². The highest BCUT2D eigenvalue weighted by atomic mass is 16.5. The molecule has 1 rings (SSSR count). The van der Waals surface area contributed by atoms with Crippen molar-refractivity contribution in [2.75, 3.05) is 7.11 Å². The molecule has 78 valence electrons. The Balaban J connectivity index is 2.90. The molecule has 0 radical (unpaired) electrons. The molecule has 0 bridgehead atoms. The van der Waals surface area contributed by atoms with Gasteiger partial charge >= 0.3 is 0 Å². The predicted octanol–water partition coefficient (Wildman–Crippen LogP) is 1.39. The second kappa shape index (κ2) is 5.57. The lowest BCUT2D eigenvalue weighted by Gasteiger charge is -2.17. The summed E-state index contributed by atoms with van der Waals surface area (Å²) in [6, 6.07) is 2.07. The summed E-state index contributed by atoms with van der Waals surface area (Å²) in [5.74, 6) is 6.27. The molecule has 0 amide bonds. The van der Waals surface area contributed by atoms with Crippen molar-refractivity contribution in [3.05, 3.63) is 24.0 Å². The highest BCUT2D eigenvalue weighted by Gasteiger charge is 2.13. The summed E-state index contributed by atoms with van der Waals surface area (Å²) in [6.07, 6.45) is 5.50. The van der Waals surface area contributed by atoms with Gasteiger partial charge in [0.25, 0.3) is 0 Å². The van der Waals surface area contributed by atoms with Crippen LogP contribution in [0.1, 0.15) is 31.4 Å². The molecule has 1 aromatic heterocycles. The molecule has 0 aliphatic rings. The number of hydrogen-bond donors (Lipinski definition) is 2. The third kappa shape index (κ3) is 2.43. The Kier molecular flexibility index (Phi) is 4.35. The fourth-order valence-corrected chi connectivity index (χ4v) is 1.47. The lowest BCUT2D eigenvalue weighted by molar-refractivity contribution is 0.393. The molecule has 1 atom stereocenters. The fourth-order valence-electron chi connectivity index (χ4n) is 1.47. The molecule has 1 heterocycles. The van der Waals surface area contributed by atoms with E-state index in [1.807, 2.05) is 6.07 Å². The Morgan fingerprint density at radius 3 is 3.00 bits per heavy atom. The van der Waals surface area contributed by atoms with Crippen LogP contribution in [-0.2, 0) is 0 Å². The van der Waals surface area contributed by atoms with E-state index in [0.717, 1.165) is 24.2 Å². The molecule has 0 aliphatic heterocycles. The lowest BCUT2D eigenvalue weighted by atomic mass is 10.0. The minimum atomic E-state index is 0.137. The SMILES string of the molecule is CCCC(NN)c1ccncc1OC. The van der Waals surface area contributed by atoms with Gasteiger partial charge in [-0.3, -0.25) is 16.3 Å². The van der Waals surface area contributed by atoms with Gasteiger partial charge in [0.15, 0.2) is 0 Å². The monoisotopic (exact) mass is 195 g/mol. The van der Waals surface area contributed by atoms with E-state index < -0.39 is 0 Å². The van der Waals surface area contributed by atoms with E-state index in [9.17, 15) is 0 Å². The molecular weight excluding hydrogens is 178 g/mol. The van der Waals surface area contributed by atoms with Crippen LogP contribution in [-0.4, -0.2) is 12.1 Å². The van der Waals surface area contributed by atoms with Crippen molar-refractivity contribution >= 4 is 0 Å². The minimum Gasteiger partial charge on any atom is -0.495 e. The van der Waals surface area contributed by atoms with E-state index in [1.165, 1.54) is 0 Å². The minimum absolute atomic E-state index is 0.137. The van der Waals surface area contributed by atoms with E-state index in [0.29, 0.717) is 0 Å². The van der Waals surface area contributed by atoms with Crippen LogP contribution < -0.4 is 16.0 Å². The second-order valence-electron chi connectivity index (χ2n) is 3.13. The molecule has 1 aromatic rings. The quantitative estimate of drug-likeness (QED) is 0.550. The molecular formula is C10H17N3O. The van der Waals surface area contributed by atoms with Gasteiger partial charge in [-0.25, -0.2) is 0 Å². The Morgan fingerprint density at radius 2 is 2.43 bits per heavy atom. The van der Waals surface area contributed by atoms with Gasteiger partial charge < -0.3 is 4.74 Å². The largest absolute Gasteiger partial charge is 0.495 e. The molecule has 1 unspecified atom stereocenters. The number of aromatic nitrogens is 1. The first kappa shape index (κ1) is 10.9. The zero-order chi connectivity index (χ0) is 10.4. The first-order valence-corrected chi connectivity index (χ1v) is 4.77. The molecule has 0 aromatic carbocycles.